The second-order valence-corrected chi connectivity index (χ2v) is 5.62. The quantitative estimate of drug-likeness (QED) is 0.501. The smallest absolute Gasteiger partial charge is 0.0596 e. The molecule has 0 saturated heterocycles. The van der Waals surface area contributed by atoms with E-state index in [4.69, 9.17) is 5.84 Å². The number of aromatic nitrogens is 2. The first-order valence-electron chi connectivity index (χ1n) is 5.81. The summed E-state index contributed by atoms with van der Waals surface area (Å²) in [7, 11) is 1.96. The van der Waals surface area contributed by atoms with Gasteiger partial charge in [0, 0.05) is 22.7 Å². The van der Waals surface area contributed by atoms with Gasteiger partial charge in [0.15, 0.2) is 0 Å². The summed E-state index contributed by atoms with van der Waals surface area (Å²) >= 11 is 2.31. The molecule has 1 aromatic heterocycles. The van der Waals surface area contributed by atoms with E-state index in [0.717, 1.165) is 12.1 Å². The predicted molar refractivity (Wildman–Crippen MR) is 80.9 cm³/mol. The molecule has 0 radical (unpaired) electrons. The lowest BCUT2D eigenvalue weighted by Gasteiger charge is -2.16. The number of nitrogens with zero attached hydrogens (tertiary/aromatic N) is 2. The maximum atomic E-state index is 5.68. The molecule has 0 amide bonds. The van der Waals surface area contributed by atoms with Crippen molar-refractivity contribution in [2.24, 2.45) is 12.9 Å². The molecule has 1 atom stereocenters. The van der Waals surface area contributed by atoms with Crippen LogP contribution in [0.2, 0.25) is 0 Å². The second kappa shape index (κ2) is 5.81. The van der Waals surface area contributed by atoms with Crippen molar-refractivity contribution < 1.29 is 0 Å². The lowest BCUT2D eigenvalue weighted by Crippen LogP contribution is -2.30. The summed E-state index contributed by atoms with van der Waals surface area (Å²) < 4.78 is 3.12. The molecule has 0 bridgehead atoms. The molecule has 18 heavy (non-hydrogen) atoms. The van der Waals surface area contributed by atoms with Gasteiger partial charge < -0.3 is 0 Å². The molecule has 1 aromatic carbocycles. The second-order valence-electron chi connectivity index (χ2n) is 4.38. The number of rotatable bonds is 4. The highest BCUT2D eigenvalue weighted by atomic mass is 127. The van der Waals surface area contributed by atoms with E-state index >= 15 is 0 Å². The van der Waals surface area contributed by atoms with Crippen LogP contribution in [0.15, 0.2) is 30.3 Å². The minimum Gasteiger partial charge on any atom is -0.272 e. The van der Waals surface area contributed by atoms with Gasteiger partial charge in [-0.2, -0.15) is 5.10 Å². The van der Waals surface area contributed by atoms with Gasteiger partial charge in [0.25, 0.3) is 0 Å². The summed E-state index contributed by atoms with van der Waals surface area (Å²) in [6, 6.07) is 10.6. The number of nitrogens with one attached hydrogen (secondary N) is 1. The number of halogens is 1. The van der Waals surface area contributed by atoms with Crippen LogP contribution >= 0.6 is 22.6 Å². The minimum absolute atomic E-state index is 0.106. The Balaban J connectivity index is 2.22. The number of hydrogen-bond acceptors (Lipinski definition) is 3. The Kier molecular flexibility index (Phi) is 4.36. The number of hydrogen-bond donors (Lipinski definition) is 2. The Morgan fingerprint density at radius 3 is 2.78 bits per heavy atom. The zero-order valence-electron chi connectivity index (χ0n) is 10.5. The van der Waals surface area contributed by atoms with Crippen LogP contribution in [0.1, 0.15) is 23.0 Å². The molecule has 2 rings (SSSR count). The van der Waals surface area contributed by atoms with E-state index in [1.165, 1.54) is 14.8 Å². The first-order valence-corrected chi connectivity index (χ1v) is 6.89. The SMILES string of the molecule is Cc1cc(CC(NN)c2cccc(I)c2)n(C)n1. The molecule has 0 spiro atoms. The summed E-state index contributed by atoms with van der Waals surface area (Å²) in [4.78, 5) is 0. The topological polar surface area (TPSA) is 55.9 Å². The molecule has 0 fully saturated rings. The molecule has 96 valence electrons. The van der Waals surface area contributed by atoms with Gasteiger partial charge in [0.05, 0.1) is 11.7 Å². The van der Waals surface area contributed by atoms with Gasteiger partial charge in [-0.3, -0.25) is 16.0 Å². The fourth-order valence-corrected chi connectivity index (χ4v) is 2.63. The molecule has 0 saturated carbocycles. The third-order valence-electron chi connectivity index (χ3n) is 2.96. The molecular weight excluding hydrogens is 339 g/mol. The zero-order valence-corrected chi connectivity index (χ0v) is 12.7. The van der Waals surface area contributed by atoms with Crippen LogP contribution in [-0.2, 0) is 13.5 Å². The monoisotopic (exact) mass is 356 g/mol. The van der Waals surface area contributed by atoms with Gasteiger partial charge in [-0.15, -0.1) is 0 Å². The lowest BCUT2D eigenvalue weighted by molar-refractivity contribution is 0.530. The highest BCUT2D eigenvalue weighted by Crippen LogP contribution is 2.19. The fraction of sp³-hybridized carbons (Fsp3) is 0.308. The number of nitrogens with two attached hydrogens (primary N) is 1. The lowest BCUT2D eigenvalue weighted by atomic mass is 10.0. The highest BCUT2D eigenvalue weighted by molar-refractivity contribution is 14.1. The Hall–Kier alpha value is -0.920. The van der Waals surface area contributed by atoms with Gasteiger partial charge in [0.2, 0.25) is 0 Å². The van der Waals surface area contributed by atoms with Crippen LogP contribution in [0.5, 0.6) is 0 Å². The van der Waals surface area contributed by atoms with Crippen molar-refractivity contribution in [3.05, 3.63) is 50.9 Å². The predicted octanol–water partition coefficient (Wildman–Crippen LogP) is 2.08. The van der Waals surface area contributed by atoms with Gasteiger partial charge >= 0.3 is 0 Å². The van der Waals surface area contributed by atoms with Crippen molar-refractivity contribution in [1.82, 2.24) is 15.2 Å². The van der Waals surface area contributed by atoms with Crippen molar-refractivity contribution in [1.29, 1.82) is 0 Å². The van der Waals surface area contributed by atoms with E-state index < -0.39 is 0 Å². The van der Waals surface area contributed by atoms with Crippen LogP contribution in [-0.4, -0.2) is 9.78 Å². The summed E-state index contributed by atoms with van der Waals surface area (Å²) in [6.45, 7) is 2.00. The molecule has 2 aromatic rings. The molecule has 4 nitrogen and oxygen atoms in total. The third-order valence-corrected chi connectivity index (χ3v) is 3.64. The molecule has 0 aliphatic heterocycles. The summed E-state index contributed by atoms with van der Waals surface area (Å²) in [5.41, 5.74) is 6.29. The van der Waals surface area contributed by atoms with Crippen molar-refractivity contribution in [2.45, 2.75) is 19.4 Å². The van der Waals surface area contributed by atoms with Crippen LogP contribution < -0.4 is 11.3 Å². The van der Waals surface area contributed by atoms with Gasteiger partial charge in [0.1, 0.15) is 0 Å². The van der Waals surface area contributed by atoms with E-state index in [0.29, 0.717) is 0 Å². The molecule has 5 heteroatoms. The van der Waals surface area contributed by atoms with E-state index in [1.807, 2.05) is 18.7 Å². The average molecular weight is 356 g/mol. The van der Waals surface area contributed by atoms with Crippen molar-refractivity contribution >= 4 is 22.6 Å². The van der Waals surface area contributed by atoms with Crippen molar-refractivity contribution in [2.75, 3.05) is 0 Å². The Morgan fingerprint density at radius 2 is 2.22 bits per heavy atom. The summed E-state index contributed by atoms with van der Waals surface area (Å²) in [5, 5.41) is 4.36. The highest BCUT2D eigenvalue weighted by Gasteiger charge is 2.13. The Labute approximate surface area is 121 Å². The summed E-state index contributed by atoms with van der Waals surface area (Å²) in [6.07, 6.45) is 0.827. The van der Waals surface area contributed by atoms with Gasteiger partial charge in [-0.25, -0.2) is 0 Å². The maximum absolute atomic E-state index is 5.68. The largest absolute Gasteiger partial charge is 0.272 e. The molecule has 0 aliphatic carbocycles. The van der Waals surface area contributed by atoms with Gasteiger partial charge in [-0.05, 0) is 53.3 Å². The van der Waals surface area contributed by atoms with E-state index in [2.05, 4.69) is 63.4 Å². The molecule has 1 heterocycles. The normalized spacial score (nSPS) is 12.7. The van der Waals surface area contributed by atoms with Gasteiger partial charge in [-0.1, -0.05) is 12.1 Å². The molecule has 1 unspecified atom stereocenters. The first kappa shape index (κ1) is 13.5. The number of hydrazine groups is 1. The fourth-order valence-electron chi connectivity index (χ4n) is 2.06. The van der Waals surface area contributed by atoms with Crippen LogP contribution in [0.4, 0.5) is 0 Å². The van der Waals surface area contributed by atoms with Crippen LogP contribution in [0, 0.1) is 10.5 Å². The standard InChI is InChI=1S/C13H17IN4/c1-9-6-12(18(2)17-9)8-13(16-15)10-4-3-5-11(14)7-10/h3-7,13,16H,8,15H2,1-2H3. The minimum atomic E-state index is 0.106. The average Bonchev–Trinajstić information content (AvgIpc) is 2.64. The van der Waals surface area contributed by atoms with Crippen LogP contribution in [0.3, 0.4) is 0 Å². The third kappa shape index (κ3) is 3.09. The van der Waals surface area contributed by atoms with Crippen molar-refractivity contribution in [3.63, 3.8) is 0 Å². The maximum Gasteiger partial charge on any atom is 0.0596 e. The molecule has 3 N–H and O–H groups in total. The number of aryl methyl sites for hydroxylation is 2. The van der Waals surface area contributed by atoms with Crippen molar-refractivity contribution in [3.8, 4) is 0 Å². The van der Waals surface area contributed by atoms with E-state index in [1.54, 1.807) is 0 Å². The van der Waals surface area contributed by atoms with E-state index in [-0.39, 0.29) is 6.04 Å². The zero-order chi connectivity index (χ0) is 13.1. The molecule has 0 aliphatic rings. The number of benzene rings is 1. The first-order chi connectivity index (χ1) is 8.60. The molecular formula is C13H17IN4. The van der Waals surface area contributed by atoms with E-state index in [9.17, 15) is 0 Å². The van der Waals surface area contributed by atoms with Crippen LogP contribution in [0.25, 0.3) is 0 Å². The Bertz CT molecular complexity index is 536. The Morgan fingerprint density at radius 1 is 1.44 bits per heavy atom. The summed E-state index contributed by atoms with van der Waals surface area (Å²) in [5.74, 6) is 5.68.